The summed E-state index contributed by atoms with van der Waals surface area (Å²) in [7, 11) is 2.99. The molecule has 11 rings (SSSR count). The van der Waals surface area contributed by atoms with Crippen molar-refractivity contribution in [3.05, 3.63) is 47.8 Å². The molecule has 4 aliphatic heterocycles. The van der Waals surface area contributed by atoms with Crippen molar-refractivity contribution in [1.29, 1.82) is 0 Å². The normalized spacial score (nSPS) is 31.2. The molecule has 2 radical (unpaired) electrons. The molecule has 14 atom stereocenters. The number of nitrogens with one attached hydrogen (secondary N) is 2. The summed E-state index contributed by atoms with van der Waals surface area (Å²) >= 11 is 0. The minimum atomic E-state index is -3.37. The van der Waals surface area contributed by atoms with E-state index in [2.05, 4.69) is 30.6 Å². The number of carbonyl (C=O) groups excluding carboxylic acids is 6. The third-order valence-electron chi connectivity index (χ3n) is 20.4. The van der Waals surface area contributed by atoms with Gasteiger partial charge in [-0.1, -0.05) is 93.2 Å². The van der Waals surface area contributed by atoms with E-state index >= 15 is 17.6 Å². The van der Waals surface area contributed by atoms with Gasteiger partial charge in [-0.2, -0.15) is 17.6 Å². The maximum Gasteiger partial charge on any atom is 0.408 e. The summed E-state index contributed by atoms with van der Waals surface area (Å²) < 4.78 is 99.5. The maximum absolute atomic E-state index is 16.1. The van der Waals surface area contributed by atoms with Gasteiger partial charge in [0, 0.05) is 62.1 Å². The quantitative estimate of drug-likeness (QED) is 0.135. The number of hydrogen-bond donors (Lipinski definition) is 2. The monoisotopic (exact) mass is 1390 g/mol. The number of rotatable bonds is 6. The van der Waals surface area contributed by atoms with E-state index in [9.17, 15) is 28.8 Å². The molecule has 2 aromatic carbocycles. The molecule has 0 spiro atoms. The van der Waals surface area contributed by atoms with Gasteiger partial charge in [0.1, 0.15) is 47.5 Å². The van der Waals surface area contributed by atoms with Gasteiger partial charge in [-0.05, 0) is 135 Å². The molecular weight excluding hydrogens is 1300 g/mol. The zero-order chi connectivity index (χ0) is 66.4. The Labute approximate surface area is 571 Å². The van der Waals surface area contributed by atoms with Crippen molar-refractivity contribution < 1.29 is 112 Å². The first-order valence-electron chi connectivity index (χ1n) is 32.7. The van der Waals surface area contributed by atoms with Crippen LogP contribution >= 0.6 is 0 Å². The van der Waals surface area contributed by atoms with Crippen molar-refractivity contribution >= 4 is 58.6 Å². The Morgan fingerprint density at radius 1 is 0.585 bits per heavy atom. The SMILES string of the molecule is CC[C@@H]1[C@@H]2CN(C(=O)[C@H](C(C)(C)C)NC(=O)O[C@@H]3CC4CC4[C@H]3CCCCC(F)(F)c3nc4ccc(OC)cc4nc3O2)[C@@H]1[C-]=O.CC[C@@H]1[C@@H]2CN(C(=O)[C@H](C(C)(C)C)NC(=O)O[C@]3(C)CCC[C@H]3CCCCC(F)(F)c3nc4ccc(OC)cc4nc3O2)[C@@H]1[C-]=O.[V].[V]. The second-order valence-electron chi connectivity index (χ2n) is 28.6. The number of carbonyl (C=O) groups is 4. The Kier molecular flexibility index (Phi) is 23.1. The molecule has 5 fully saturated rings. The van der Waals surface area contributed by atoms with Gasteiger partial charge in [-0.25, -0.2) is 42.1 Å². The number of aromatic nitrogens is 4. The van der Waals surface area contributed by atoms with Crippen LogP contribution in [0.25, 0.3) is 22.1 Å². The van der Waals surface area contributed by atoms with Crippen LogP contribution in [0.5, 0.6) is 23.3 Å². The van der Waals surface area contributed by atoms with Gasteiger partial charge in [0.15, 0.2) is 11.4 Å². The Morgan fingerprint density at radius 2 is 1.04 bits per heavy atom. The van der Waals surface area contributed by atoms with E-state index in [1.807, 2.05) is 74.9 Å². The second-order valence-corrected chi connectivity index (χ2v) is 28.6. The van der Waals surface area contributed by atoms with Gasteiger partial charge in [-0.3, -0.25) is 9.59 Å². The molecule has 20 nitrogen and oxygen atoms in total. The Morgan fingerprint density at radius 3 is 1.49 bits per heavy atom. The predicted molar refractivity (Wildman–Crippen MR) is 331 cm³/mol. The summed E-state index contributed by atoms with van der Waals surface area (Å²) in [5.74, 6) is -7.61. The van der Waals surface area contributed by atoms with Gasteiger partial charge in [-0.15, -0.1) is 0 Å². The van der Waals surface area contributed by atoms with Crippen molar-refractivity contribution in [1.82, 2.24) is 40.4 Å². The molecule has 2 aromatic heterocycles. The predicted octanol–water partition coefficient (Wildman–Crippen LogP) is 11.7. The molecule has 2 unspecified atom stereocenters. The summed E-state index contributed by atoms with van der Waals surface area (Å²) in [5.41, 5.74) is -2.26. The first kappa shape index (κ1) is 73.8. The number of ether oxygens (including phenoxy) is 6. The fourth-order valence-corrected chi connectivity index (χ4v) is 15.1. The zero-order valence-corrected chi connectivity index (χ0v) is 58.3. The molecular formula is C68H88F4N8O12V2-2. The number of nitrogens with zero attached hydrogens (tertiary/aromatic N) is 6. The topological polar surface area (TPSA) is 240 Å². The van der Waals surface area contributed by atoms with Crippen LogP contribution in [0.2, 0.25) is 0 Å². The molecule has 4 bridgehead atoms. The maximum atomic E-state index is 16.1. The molecule has 4 aromatic rings. The third-order valence-corrected chi connectivity index (χ3v) is 20.4. The van der Waals surface area contributed by atoms with E-state index in [0.717, 1.165) is 25.7 Å². The standard InChI is InChI=1S/C34H43F2N4O6.C34H45F2N4O6.2V/c1-6-20-25(17-41)40-16-27(20)45-30-28(37-23-11-10-19(44-5)15-24(23)38-30)34(35,36)12-8-7-9-21-22-13-18(22)14-26(21)46-32(43)39-29(31(40)42)33(2,3)4;1-7-22-25(19-41)40-18-26(22)45-29-27(37-23-14-13-21(44-6)17-24(23)38-29)34(35,36)16-9-8-11-20-12-10-15-33(20,5)46-31(43)39-28(30(40)42)32(2,3)4;;/h10-11,15,18,20-22,25-27,29H,6-9,12-14,16H2,1-5H3,(H,39,43);13-14,17,20,22,25-26,28H,7-12,15-16,18H2,1-6H3,(H,39,43);;/q2*-1;;/t18?,20-,21+,22?,25+,26+,27-,29+;20-,22+,25-,26+,28-,33-;;/m01../s1. The van der Waals surface area contributed by atoms with Crippen LogP contribution in [0.1, 0.15) is 170 Å². The molecule has 4 amide bonds. The Hall–Kier alpha value is -5.97. The second kappa shape index (κ2) is 29.4. The summed E-state index contributed by atoms with van der Waals surface area (Å²) in [5, 5.41) is 5.62. The van der Waals surface area contributed by atoms with E-state index in [-0.39, 0.29) is 104 Å². The van der Waals surface area contributed by atoms with Gasteiger partial charge in [0.05, 0.1) is 49.4 Å². The molecule has 6 heterocycles. The van der Waals surface area contributed by atoms with Gasteiger partial charge in [0.2, 0.25) is 23.6 Å². The van der Waals surface area contributed by atoms with E-state index in [1.54, 1.807) is 36.4 Å². The van der Waals surface area contributed by atoms with E-state index in [0.29, 0.717) is 79.3 Å². The van der Waals surface area contributed by atoms with Crippen LogP contribution in [-0.2, 0) is 77.6 Å². The molecule has 3 aliphatic carbocycles. The summed E-state index contributed by atoms with van der Waals surface area (Å²) in [6.45, 7) is 16.3. The minimum absolute atomic E-state index is 0. The number of benzene rings is 2. The molecule has 2 N–H and O–H groups in total. The first-order valence-corrected chi connectivity index (χ1v) is 32.7. The third kappa shape index (κ3) is 15.5. The molecule has 512 valence electrons. The number of methoxy groups -OCH3 is 2. The van der Waals surface area contributed by atoms with Crippen LogP contribution in [0.3, 0.4) is 0 Å². The van der Waals surface area contributed by atoms with Crippen molar-refractivity contribution in [2.24, 2.45) is 46.3 Å². The van der Waals surface area contributed by atoms with Crippen LogP contribution in [0, 0.1) is 46.3 Å². The molecule has 7 aliphatic rings. The number of fused-ring (bicyclic) bond motifs is 12. The van der Waals surface area contributed by atoms with Gasteiger partial charge in [0.25, 0.3) is 11.8 Å². The number of halogens is 4. The average Bonchev–Trinajstić information content (AvgIpc) is 1.48. The fraction of sp³-hybridized carbons (Fsp3) is 0.676. The van der Waals surface area contributed by atoms with Crippen molar-refractivity contribution in [3.8, 4) is 23.3 Å². The van der Waals surface area contributed by atoms with E-state index in [4.69, 9.17) is 28.4 Å². The number of alkyl carbamates (subject to hydrolysis) is 2. The number of amides is 4. The smallest absolute Gasteiger partial charge is 0.408 e. The summed E-state index contributed by atoms with van der Waals surface area (Å²) in [4.78, 5) is 100. The van der Waals surface area contributed by atoms with Crippen LogP contribution in [0.4, 0.5) is 27.2 Å². The minimum Gasteiger partial charge on any atom is -0.540 e. The van der Waals surface area contributed by atoms with E-state index < -0.39 is 125 Å². The Balaban J connectivity index is 0.000000236. The Bertz CT molecular complexity index is 3300. The fourth-order valence-electron chi connectivity index (χ4n) is 15.1. The first-order chi connectivity index (χ1) is 43.5. The van der Waals surface area contributed by atoms with Crippen molar-refractivity contribution in [2.45, 2.75) is 219 Å². The molecule has 2 saturated heterocycles. The summed E-state index contributed by atoms with van der Waals surface area (Å²) in [6.07, 6.45) is 7.23. The summed E-state index contributed by atoms with van der Waals surface area (Å²) in [6, 6.07) is 5.51. The molecule has 94 heavy (non-hydrogen) atoms. The largest absolute Gasteiger partial charge is 0.540 e. The number of hydrogen-bond acceptors (Lipinski definition) is 16. The zero-order valence-electron chi connectivity index (χ0n) is 55.5. The molecule has 26 heteroatoms. The molecule has 3 saturated carbocycles. The number of alkyl halides is 4. The van der Waals surface area contributed by atoms with Crippen LogP contribution in [-0.4, -0.2) is 142 Å². The van der Waals surface area contributed by atoms with Gasteiger partial charge < -0.3 is 58.4 Å². The van der Waals surface area contributed by atoms with Crippen LogP contribution < -0.4 is 29.6 Å². The van der Waals surface area contributed by atoms with Crippen molar-refractivity contribution in [2.75, 3.05) is 27.3 Å². The van der Waals surface area contributed by atoms with E-state index in [1.165, 1.54) is 24.0 Å². The van der Waals surface area contributed by atoms with Crippen molar-refractivity contribution in [3.63, 3.8) is 0 Å². The average molecular weight is 1390 g/mol. The van der Waals surface area contributed by atoms with Gasteiger partial charge >= 0.3 is 12.2 Å². The van der Waals surface area contributed by atoms with Crippen LogP contribution in [0.15, 0.2) is 36.4 Å².